The number of morpholine rings is 1. The molecule has 7 heteroatoms. The van der Waals surface area contributed by atoms with Crippen LogP contribution in [0.4, 0.5) is 5.82 Å². The third kappa shape index (κ3) is 3.47. The van der Waals surface area contributed by atoms with Crippen molar-refractivity contribution in [3.63, 3.8) is 0 Å². The summed E-state index contributed by atoms with van der Waals surface area (Å²) in [5, 5.41) is 0. The minimum atomic E-state index is 0.130. The smallest absolute Gasteiger partial charge is 0.219 e. The van der Waals surface area contributed by atoms with Gasteiger partial charge in [-0.15, -0.1) is 0 Å². The number of allylic oxidation sites excluding steroid dienone is 1. The van der Waals surface area contributed by atoms with Gasteiger partial charge in [0.25, 0.3) is 0 Å². The zero-order valence-corrected chi connectivity index (χ0v) is 17.5. The molecule has 4 heterocycles. The van der Waals surface area contributed by atoms with Gasteiger partial charge in [-0.05, 0) is 19.4 Å². The van der Waals surface area contributed by atoms with Crippen LogP contribution in [0.2, 0.25) is 0 Å². The van der Waals surface area contributed by atoms with Gasteiger partial charge in [0, 0.05) is 62.3 Å². The monoisotopic (exact) mass is 405 g/mol. The normalized spacial score (nSPS) is 23.1. The van der Waals surface area contributed by atoms with E-state index in [1.165, 1.54) is 0 Å². The first-order valence-corrected chi connectivity index (χ1v) is 10.7. The topological polar surface area (TPSA) is 71.5 Å². The molecule has 1 amide bonds. The molecular weight excluding hydrogens is 378 g/mol. The first kappa shape index (κ1) is 19.2. The summed E-state index contributed by atoms with van der Waals surface area (Å²) in [6.07, 6.45) is 7.89. The van der Waals surface area contributed by atoms with Gasteiger partial charge in [0.2, 0.25) is 5.91 Å². The summed E-state index contributed by atoms with van der Waals surface area (Å²) < 4.78 is 5.63. The lowest BCUT2D eigenvalue weighted by Crippen LogP contribution is -2.44. The summed E-state index contributed by atoms with van der Waals surface area (Å²) in [5.74, 6) is 2.05. The molecule has 7 nitrogen and oxygen atoms in total. The van der Waals surface area contributed by atoms with Crippen molar-refractivity contribution in [1.82, 2.24) is 19.9 Å². The highest BCUT2D eigenvalue weighted by Crippen LogP contribution is 2.33. The molecule has 0 saturated carbocycles. The number of ether oxygens (including phenoxy) is 1. The summed E-state index contributed by atoms with van der Waals surface area (Å²) in [5.41, 5.74) is 4.24. The fourth-order valence-corrected chi connectivity index (χ4v) is 4.63. The maximum atomic E-state index is 11.9. The zero-order chi connectivity index (χ0) is 20.7. The summed E-state index contributed by atoms with van der Waals surface area (Å²) >= 11 is 0. The molecule has 2 aromatic heterocycles. The molecule has 2 fully saturated rings. The Kier molecular flexibility index (Phi) is 4.98. The number of amides is 1. The van der Waals surface area contributed by atoms with E-state index in [4.69, 9.17) is 14.7 Å². The third-order valence-corrected chi connectivity index (χ3v) is 6.36. The molecule has 1 unspecified atom stereocenters. The predicted molar refractivity (Wildman–Crippen MR) is 115 cm³/mol. The van der Waals surface area contributed by atoms with Crippen molar-refractivity contribution in [3.8, 4) is 11.4 Å². The van der Waals surface area contributed by atoms with E-state index in [1.807, 2.05) is 17.2 Å². The van der Waals surface area contributed by atoms with E-state index >= 15 is 0 Å². The Hall–Kier alpha value is -2.80. The van der Waals surface area contributed by atoms with Gasteiger partial charge in [-0.2, -0.15) is 0 Å². The molecule has 2 aliphatic heterocycles. The summed E-state index contributed by atoms with van der Waals surface area (Å²) in [7, 11) is 0. The van der Waals surface area contributed by atoms with Gasteiger partial charge in [0.15, 0.2) is 5.82 Å². The Bertz CT molecular complexity index is 1010. The minimum absolute atomic E-state index is 0.130. The number of hydrogen-bond acceptors (Lipinski definition) is 6. The molecule has 0 bridgehead atoms. The second-order valence-electron chi connectivity index (χ2n) is 8.37. The highest BCUT2D eigenvalue weighted by molar-refractivity contribution is 5.76. The van der Waals surface area contributed by atoms with Gasteiger partial charge in [-0.1, -0.05) is 12.2 Å². The highest BCUT2D eigenvalue weighted by atomic mass is 16.5. The zero-order valence-electron chi connectivity index (χ0n) is 17.5. The molecule has 0 aromatic carbocycles. The number of carbonyl (C=O) groups is 1. The van der Waals surface area contributed by atoms with Crippen LogP contribution < -0.4 is 4.90 Å². The molecular formula is C23H27N5O2. The van der Waals surface area contributed by atoms with Crippen LogP contribution in [-0.4, -0.2) is 64.6 Å². The van der Waals surface area contributed by atoms with E-state index in [0.29, 0.717) is 13.2 Å². The van der Waals surface area contributed by atoms with Crippen LogP contribution in [0.15, 0.2) is 24.4 Å². The number of rotatable bonds is 3. The molecule has 30 heavy (non-hydrogen) atoms. The fourth-order valence-electron chi connectivity index (χ4n) is 4.63. The van der Waals surface area contributed by atoms with Gasteiger partial charge < -0.3 is 14.5 Å². The first-order chi connectivity index (χ1) is 14.6. The lowest BCUT2D eigenvalue weighted by atomic mass is 10.0. The van der Waals surface area contributed by atoms with Gasteiger partial charge in [0.1, 0.15) is 5.82 Å². The van der Waals surface area contributed by atoms with Crippen molar-refractivity contribution >= 4 is 17.8 Å². The van der Waals surface area contributed by atoms with Crippen LogP contribution in [0.25, 0.3) is 17.5 Å². The minimum Gasteiger partial charge on any atom is -0.377 e. The van der Waals surface area contributed by atoms with Crippen molar-refractivity contribution in [2.45, 2.75) is 38.6 Å². The van der Waals surface area contributed by atoms with Crippen molar-refractivity contribution in [3.05, 3.63) is 41.4 Å². The summed E-state index contributed by atoms with van der Waals surface area (Å²) in [4.78, 5) is 30.6. The van der Waals surface area contributed by atoms with Crippen molar-refractivity contribution in [2.24, 2.45) is 0 Å². The Balaban J connectivity index is 1.58. The van der Waals surface area contributed by atoms with Crippen LogP contribution in [0.3, 0.4) is 0 Å². The Morgan fingerprint density at radius 1 is 1.27 bits per heavy atom. The lowest BCUT2D eigenvalue weighted by Gasteiger charge is -2.34. The van der Waals surface area contributed by atoms with Gasteiger partial charge in [0.05, 0.1) is 30.6 Å². The number of anilines is 1. The van der Waals surface area contributed by atoms with Crippen molar-refractivity contribution in [2.75, 3.05) is 37.7 Å². The van der Waals surface area contributed by atoms with E-state index in [-0.39, 0.29) is 17.9 Å². The third-order valence-electron chi connectivity index (χ3n) is 6.36. The van der Waals surface area contributed by atoms with E-state index in [0.717, 1.165) is 66.6 Å². The number of hydrogen-bond donors (Lipinski definition) is 0. The number of nitrogens with zero attached hydrogens (tertiary/aromatic N) is 5. The van der Waals surface area contributed by atoms with Crippen LogP contribution in [0.1, 0.15) is 43.1 Å². The standard InChI is InChI=1S/C23H27N5O2/c1-15-14-30-11-10-28(15)22-12-21(17-7-9-27(13-17)16(2)29)25-23(26-22)19-6-8-24-20-5-3-4-18(19)20/h3-4,6,8,12,15,17H,5,7,9-11,13-14H2,1-2H3/t15-,17?/m1/s1. The molecule has 0 radical (unpaired) electrons. The SMILES string of the molecule is CC(=O)N1CCC(c2cc(N3CCOC[C@H]3C)nc(-c3ccnc4c3C=CC4)n2)C1. The molecule has 156 valence electrons. The van der Waals surface area contributed by atoms with Crippen LogP contribution in [0.5, 0.6) is 0 Å². The first-order valence-electron chi connectivity index (χ1n) is 10.7. The molecule has 0 N–H and O–H groups in total. The molecule has 1 aliphatic carbocycles. The fraction of sp³-hybridized carbons (Fsp3) is 0.478. The molecule has 2 saturated heterocycles. The van der Waals surface area contributed by atoms with E-state index in [9.17, 15) is 4.79 Å². The highest BCUT2D eigenvalue weighted by Gasteiger charge is 2.29. The van der Waals surface area contributed by atoms with Gasteiger partial charge in [-0.25, -0.2) is 9.97 Å². The Morgan fingerprint density at radius 2 is 2.17 bits per heavy atom. The van der Waals surface area contributed by atoms with Crippen molar-refractivity contribution in [1.29, 1.82) is 0 Å². The van der Waals surface area contributed by atoms with E-state index in [1.54, 1.807) is 6.92 Å². The molecule has 2 atom stereocenters. The number of pyridine rings is 1. The number of likely N-dealkylation sites (tertiary alicyclic amines) is 1. The van der Waals surface area contributed by atoms with Crippen LogP contribution >= 0.6 is 0 Å². The number of carbonyl (C=O) groups excluding carboxylic acids is 1. The summed E-state index contributed by atoms with van der Waals surface area (Å²) in [6, 6.07) is 4.39. The molecule has 3 aliphatic rings. The van der Waals surface area contributed by atoms with E-state index in [2.05, 4.69) is 35.0 Å². The largest absolute Gasteiger partial charge is 0.377 e. The molecule has 2 aromatic rings. The molecule has 5 rings (SSSR count). The average molecular weight is 406 g/mol. The predicted octanol–water partition coefficient (Wildman–Crippen LogP) is 2.67. The number of fused-ring (bicyclic) bond motifs is 1. The lowest BCUT2D eigenvalue weighted by molar-refractivity contribution is -0.127. The summed E-state index contributed by atoms with van der Waals surface area (Å²) in [6.45, 7) is 7.53. The Labute approximate surface area is 176 Å². The molecule has 0 spiro atoms. The quantitative estimate of drug-likeness (QED) is 0.782. The van der Waals surface area contributed by atoms with Gasteiger partial charge >= 0.3 is 0 Å². The second kappa shape index (κ2) is 7.80. The number of aromatic nitrogens is 3. The maximum absolute atomic E-state index is 11.9. The van der Waals surface area contributed by atoms with Crippen LogP contribution in [-0.2, 0) is 16.0 Å². The Morgan fingerprint density at radius 3 is 2.97 bits per heavy atom. The van der Waals surface area contributed by atoms with Crippen LogP contribution in [0, 0.1) is 0 Å². The maximum Gasteiger partial charge on any atom is 0.219 e. The van der Waals surface area contributed by atoms with E-state index < -0.39 is 0 Å². The second-order valence-corrected chi connectivity index (χ2v) is 8.37. The van der Waals surface area contributed by atoms with Gasteiger partial charge in [-0.3, -0.25) is 9.78 Å². The van der Waals surface area contributed by atoms with Crippen molar-refractivity contribution < 1.29 is 9.53 Å². The average Bonchev–Trinajstić information content (AvgIpc) is 3.43.